The maximum atomic E-state index is 13.2. The van der Waals surface area contributed by atoms with E-state index < -0.39 is 17.6 Å². The van der Waals surface area contributed by atoms with Crippen LogP contribution in [0.15, 0.2) is 194 Å². The number of nitrogens with zero attached hydrogens (tertiary/aromatic N) is 8. The molecule has 10 heterocycles. The molecule has 0 unspecified atom stereocenters. The van der Waals surface area contributed by atoms with E-state index in [0.717, 1.165) is 130 Å². The van der Waals surface area contributed by atoms with Crippen LogP contribution >= 0.6 is 11.3 Å². The van der Waals surface area contributed by atoms with Gasteiger partial charge < -0.3 is 35.1 Å². The molecule has 19 heteroatoms. The Hall–Kier alpha value is -8.00. The number of carboxylic acids is 1. The van der Waals surface area contributed by atoms with Gasteiger partial charge in [-0.1, -0.05) is 168 Å². The summed E-state index contributed by atoms with van der Waals surface area (Å²) in [6.45, 7) is 20.8. The van der Waals surface area contributed by atoms with Crippen molar-refractivity contribution in [2.45, 2.75) is 121 Å². The number of aromatic nitrogens is 8. The molecule has 0 spiro atoms. The van der Waals surface area contributed by atoms with Crippen molar-refractivity contribution in [1.29, 1.82) is 0 Å². The fraction of sp³-hybridized carbons (Fsp3) is 0.220. The molecule has 8 bridgehead atoms. The Morgan fingerprint density at radius 3 is 1.24 bits per heavy atom. The molecule has 3 aromatic carbocycles. The number of ketones is 1. The number of rotatable bonds is 13. The molecule has 0 saturated carbocycles. The van der Waals surface area contributed by atoms with E-state index in [1.807, 2.05) is 72.9 Å². The summed E-state index contributed by atoms with van der Waals surface area (Å²) in [7, 11) is 0. The maximum Gasteiger partial charge on any atom is 2.00 e. The van der Waals surface area contributed by atoms with Crippen LogP contribution in [0, 0.1) is 29.8 Å². The largest absolute Gasteiger partial charge is 2.00 e. The summed E-state index contributed by atoms with van der Waals surface area (Å²) in [4.78, 5) is 58.3. The van der Waals surface area contributed by atoms with E-state index in [1.165, 1.54) is 86.8 Å². The third kappa shape index (κ3) is 23.0. The molecule has 0 aliphatic carbocycles. The number of allylic oxidation sites excluding steroid dienone is 6. The summed E-state index contributed by atoms with van der Waals surface area (Å²) in [5, 5.41) is 17.9. The van der Waals surface area contributed by atoms with Gasteiger partial charge in [0.15, 0.2) is 5.78 Å². The molecule has 2 aliphatic rings. The molecule has 2 aliphatic heterocycles. The Bertz CT molecular complexity index is 4430. The van der Waals surface area contributed by atoms with E-state index >= 15 is 0 Å². The van der Waals surface area contributed by atoms with Gasteiger partial charge in [-0.05, 0) is 139 Å². The minimum absolute atomic E-state index is 0. The van der Waals surface area contributed by atoms with Crippen molar-refractivity contribution in [3.63, 3.8) is 0 Å². The Labute approximate surface area is 650 Å². The molecule has 3 radical (unpaired) electrons. The fourth-order valence-electron chi connectivity index (χ4n) is 11.5. The minimum Gasteiger partial charge on any atom is -0.657 e. The standard InChI is InChI=1S/C36H44N4.C13H8NS.C11H6F2N.C11H8N.C6H5NO2.C5H8O2.3Ir.Pt/c1-9-21-22(10-2)30-18-32-25(13-5)26(14-6)34(39-32)20-36-28(16-8)27(15-7)35(40-36)19-33-24(12-4)23(11-3)31(38-33)17-29(21)37-30;1-2-7-12-10(5-1)9-13(15-12)11-6-3-4-8-14-11;12-8-4-5-9(10(13)7-8)11-3-1-2-6-14-11;1-2-6-10(7-3-1)11-8-4-5-9-12-11;8-6(9)5-3-1-2-4-7-5;1-4(6)3-5(2)7;;;;/h17-20H,9-16H2,1-8H3;1-8H;1-4,6-7H;1-6,8-9H;1-4H,(H,8,9);3,6H,1-2H3;;;;/q-2;3*-1;;;;;;+2. The molecule has 101 heavy (non-hydrogen) atoms. The molecule has 8 aromatic heterocycles. The van der Waals surface area contributed by atoms with Gasteiger partial charge in [0.2, 0.25) is 0 Å². The van der Waals surface area contributed by atoms with Crippen molar-refractivity contribution in [1.82, 2.24) is 39.9 Å². The zero-order chi connectivity index (χ0) is 69.4. The number of fused-ring (bicyclic) bond motifs is 9. The van der Waals surface area contributed by atoms with Crippen LogP contribution in [0.5, 0.6) is 0 Å². The monoisotopic (exact) mass is 2080 g/mol. The van der Waals surface area contributed by atoms with Crippen molar-refractivity contribution < 1.29 is 110 Å². The van der Waals surface area contributed by atoms with E-state index in [1.54, 1.807) is 54.1 Å². The molecule has 2 N–H and O–H groups in total. The van der Waals surface area contributed by atoms with Gasteiger partial charge in [-0.2, -0.15) is 0 Å². The number of aliphatic hydroxyl groups is 1. The van der Waals surface area contributed by atoms with Crippen molar-refractivity contribution in [3.8, 4) is 33.1 Å². The number of hydrogen-bond acceptors (Lipinski definition) is 10. The van der Waals surface area contributed by atoms with Gasteiger partial charge in [-0.15, -0.1) is 93.7 Å². The molecule has 0 amide bonds. The van der Waals surface area contributed by atoms with Crippen LogP contribution in [0.1, 0.15) is 150 Å². The number of benzene rings is 3. The van der Waals surface area contributed by atoms with Gasteiger partial charge in [0, 0.05) is 109 Å². The Balaban J connectivity index is 0.000000291. The minimum atomic E-state index is -0.990. The third-order valence-electron chi connectivity index (χ3n) is 15.8. The van der Waals surface area contributed by atoms with Crippen molar-refractivity contribution in [3.05, 3.63) is 275 Å². The first-order valence-electron chi connectivity index (χ1n) is 32.7. The quantitative estimate of drug-likeness (QED) is 0.0634. The second-order valence-corrected chi connectivity index (χ2v) is 23.2. The summed E-state index contributed by atoms with van der Waals surface area (Å²) < 4.78 is 27.1. The molecule has 13 rings (SSSR count). The molecular formula is C82H79F2Ir3N8O4PtS-3. The van der Waals surface area contributed by atoms with Crippen molar-refractivity contribution in [2.75, 3.05) is 0 Å². The number of carboxylic acid groups (broad SMARTS) is 1. The van der Waals surface area contributed by atoms with Crippen LogP contribution in [0.2, 0.25) is 0 Å². The van der Waals surface area contributed by atoms with E-state index in [9.17, 15) is 18.4 Å². The SMILES string of the molecule is CC(=O)C=C(C)O.CCC1=C(CC)c2cc3[n-]c(cc4nc(cc5[n-]c(cc1n2)c(CC)c5CC)C(CC)=C4CC)c(CC)c3CC.Fc1c[c-]c(-c2ccccn2)c(F)c1.O=C(O)c1ccccn1.[Ir].[Ir].[Ir].[Pt+2].[c-]1c(-c2ccccn2)sc2ccccc12.[c-]1ccccc1-c1ccccn1. The first-order chi connectivity index (χ1) is 47.1. The van der Waals surface area contributed by atoms with Crippen molar-refractivity contribution in [2.24, 2.45) is 0 Å². The van der Waals surface area contributed by atoms with Gasteiger partial charge in [0.25, 0.3) is 0 Å². The molecule has 0 fully saturated rings. The van der Waals surface area contributed by atoms with E-state index in [-0.39, 0.29) is 104 Å². The Morgan fingerprint density at radius 2 is 0.901 bits per heavy atom. The predicted molar refractivity (Wildman–Crippen MR) is 390 cm³/mol. The van der Waals surface area contributed by atoms with Gasteiger partial charge in [0.1, 0.15) is 5.69 Å². The maximum absolute atomic E-state index is 13.2. The first kappa shape index (κ1) is 85.4. The summed E-state index contributed by atoms with van der Waals surface area (Å²) in [6, 6.07) is 57.7. The topological polar surface area (TPSA) is 180 Å². The summed E-state index contributed by atoms with van der Waals surface area (Å²) in [5.74, 6) is -2.34. The number of aliphatic hydroxyl groups excluding tert-OH is 1. The van der Waals surface area contributed by atoms with Crippen molar-refractivity contribution >= 4 is 77.5 Å². The van der Waals surface area contributed by atoms with E-state index in [4.69, 9.17) is 30.1 Å². The van der Waals surface area contributed by atoms with E-state index in [0.29, 0.717) is 5.69 Å². The van der Waals surface area contributed by atoms with Gasteiger partial charge >= 0.3 is 27.0 Å². The van der Waals surface area contributed by atoms with Gasteiger partial charge in [-0.3, -0.25) is 13.6 Å². The molecular weight excluding hydrogens is 2000 g/mol. The normalized spacial score (nSPS) is 11.1. The smallest absolute Gasteiger partial charge is 0.657 e. The van der Waals surface area contributed by atoms with E-state index in [2.05, 4.69) is 136 Å². The fourth-order valence-corrected chi connectivity index (χ4v) is 12.4. The Kier molecular flexibility index (Phi) is 36.4. The first-order valence-corrected chi connectivity index (χ1v) is 33.5. The van der Waals surface area contributed by atoms with Crippen LogP contribution in [0.3, 0.4) is 0 Å². The number of thiophene rings is 1. The molecule has 0 atom stereocenters. The number of halogens is 2. The zero-order valence-electron chi connectivity index (χ0n) is 57.8. The van der Waals surface area contributed by atoms with Crippen LogP contribution in [-0.4, -0.2) is 51.9 Å². The number of aromatic carboxylic acids is 1. The molecule has 531 valence electrons. The second kappa shape index (κ2) is 43.1. The second-order valence-electron chi connectivity index (χ2n) is 22.2. The number of hydrogen-bond donors (Lipinski definition) is 2. The molecule has 0 saturated heterocycles. The average Bonchev–Trinajstić information content (AvgIpc) is 1.62. The summed E-state index contributed by atoms with van der Waals surface area (Å²) in [5.41, 5.74) is 22.9. The number of pyridine rings is 4. The summed E-state index contributed by atoms with van der Waals surface area (Å²) in [6.07, 6.45) is 15.4. The molecule has 11 aromatic rings. The predicted octanol–water partition coefficient (Wildman–Crippen LogP) is 20.2. The van der Waals surface area contributed by atoms with Gasteiger partial charge in [0.05, 0.1) is 28.5 Å². The third-order valence-corrected chi connectivity index (χ3v) is 16.9. The summed E-state index contributed by atoms with van der Waals surface area (Å²) >= 11 is 1.73. The average molecular weight is 2080 g/mol. The molecule has 12 nitrogen and oxygen atoms in total. The number of aryl methyl sites for hydroxylation is 4. The zero-order valence-corrected chi connectivity index (χ0v) is 68.1. The van der Waals surface area contributed by atoms with Crippen LogP contribution in [0.4, 0.5) is 8.78 Å². The van der Waals surface area contributed by atoms with Gasteiger partial charge in [-0.25, -0.2) is 31.1 Å². The Morgan fingerprint density at radius 1 is 0.485 bits per heavy atom. The van der Waals surface area contributed by atoms with Crippen LogP contribution in [-0.2, 0) is 112 Å². The van der Waals surface area contributed by atoms with Crippen LogP contribution in [0.25, 0.3) is 87.5 Å². The number of carbonyl (C=O) groups excluding carboxylic acids is 1. The number of carbonyl (C=O) groups is 2. The van der Waals surface area contributed by atoms with Crippen LogP contribution < -0.4 is 9.97 Å².